The van der Waals surface area contributed by atoms with Gasteiger partial charge in [0.1, 0.15) is 5.04 Å². The molecule has 3 aromatic rings. The standard InChI is InChI=1S/C20H16N4OS.C2H6.CH3F/c1-2-12-8-9-16-15(11-12)20(19(25)22-16)24-23-18(26-20)14-7-3-5-13-6-4-10-21-17(13)14;2*1-2/h3-11,24H,2H2,1H3,(H,22,25);1-2H3;1H3. The van der Waals surface area contributed by atoms with Crippen LogP contribution < -0.4 is 10.7 Å². The van der Waals surface area contributed by atoms with Gasteiger partial charge in [-0.1, -0.05) is 56.8 Å². The molecular weight excluding hydrogens is 399 g/mol. The number of nitrogens with one attached hydrogen (secondary N) is 2. The molecule has 5 nitrogen and oxygen atoms in total. The molecule has 1 atom stereocenters. The fourth-order valence-electron chi connectivity index (χ4n) is 3.47. The first-order valence-corrected chi connectivity index (χ1v) is 10.7. The first-order valence-electron chi connectivity index (χ1n) is 9.92. The summed E-state index contributed by atoms with van der Waals surface area (Å²) >= 11 is 1.45. The summed E-state index contributed by atoms with van der Waals surface area (Å²) in [6.07, 6.45) is 2.70. The largest absolute Gasteiger partial charge is 0.323 e. The summed E-state index contributed by atoms with van der Waals surface area (Å²) < 4.78 is 9.50. The van der Waals surface area contributed by atoms with Crippen molar-refractivity contribution in [2.75, 3.05) is 12.5 Å². The van der Waals surface area contributed by atoms with Crippen molar-refractivity contribution in [3.8, 4) is 0 Å². The number of anilines is 1. The van der Waals surface area contributed by atoms with Gasteiger partial charge in [-0.25, -0.2) is 0 Å². The SMILES string of the molecule is CC.CCc1ccc2c(c1)C1(NN=C(c3cccc4cccnc34)S1)C(=O)N2.CF. The van der Waals surface area contributed by atoms with Crippen molar-refractivity contribution in [1.29, 1.82) is 0 Å². The van der Waals surface area contributed by atoms with E-state index in [9.17, 15) is 9.18 Å². The van der Waals surface area contributed by atoms with E-state index in [1.807, 2.05) is 56.3 Å². The molecule has 2 aliphatic heterocycles. The lowest BCUT2D eigenvalue weighted by atomic mass is 10.0. The highest BCUT2D eigenvalue weighted by Gasteiger charge is 2.52. The molecule has 30 heavy (non-hydrogen) atoms. The third kappa shape index (κ3) is 3.54. The van der Waals surface area contributed by atoms with E-state index >= 15 is 0 Å². The summed E-state index contributed by atoms with van der Waals surface area (Å²) in [6, 6.07) is 16.1. The minimum Gasteiger partial charge on any atom is -0.323 e. The average Bonchev–Trinajstić information content (AvgIpc) is 3.38. The maximum Gasteiger partial charge on any atom is 0.267 e. The Morgan fingerprint density at radius 1 is 1.10 bits per heavy atom. The third-order valence-corrected chi connectivity index (χ3v) is 6.17. The van der Waals surface area contributed by atoms with Gasteiger partial charge < -0.3 is 5.32 Å². The highest BCUT2D eigenvalue weighted by Crippen LogP contribution is 2.48. The minimum atomic E-state index is -0.910. The van der Waals surface area contributed by atoms with Gasteiger partial charge in [-0.3, -0.25) is 19.6 Å². The van der Waals surface area contributed by atoms with Gasteiger partial charge in [0.05, 0.1) is 12.7 Å². The Hall–Kier alpha value is -2.93. The van der Waals surface area contributed by atoms with E-state index in [0.717, 1.165) is 39.2 Å². The predicted molar refractivity (Wildman–Crippen MR) is 124 cm³/mol. The molecule has 0 radical (unpaired) electrons. The molecule has 1 unspecified atom stereocenters. The van der Waals surface area contributed by atoms with Gasteiger partial charge in [0.2, 0.25) is 4.87 Å². The van der Waals surface area contributed by atoms with Gasteiger partial charge in [-0.2, -0.15) is 5.10 Å². The van der Waals surface area contributed by atoms with Gasteiger partial charge in [0, 0.05) is 28.4 Å². The van der Waals surface area contributed by atoms with Crippen molar-refractivity contribution >= 4 is 39.3 Å². The van der Waals surface area contributed by atoms with Crippen LogP contribution in [-0.4, -0.2) is 23.1 Å². The normalized spacial score (nSPS) is 18.4. The fraction of sp³-hybridized carbons (Fsp3) is 0.261. The van der Waals surface area contributed by atoms with Crippen LogP contribution >= 0.6 is 11.8 Å². The number of para-hydroxylation sites is 1. The molecule has 0 saturated heterocycles. The second-order valence-electron chi connectivity index (χ2n) is 6.38. The van der Waals surface area contributed by atoms with Crippen LogP contribution in [0.5, 0.6) is 0 Å². The number of rotatable bonds is 2. The van der Waals surface area contributed by atoms with Crippen LogP contribution in [0.15, 0.2) is 59.8 Å². The zero-order valence-electron chi connectivity index (χ0n) is 17.5. The Labute approximate surface area is 180 Å². The number of aromatic nitrogens is 1. The quantitative estimate of drug-likeness (QED) is 0.592. The van der Waals surface area contributed by atoms with E-state index in [-0.39, 0.29) is 5.91 Å². The number of benzene rings is 2. The number of carbonyl (C=O) groups excluding carboxylic acids is 1. The number of fused-ring (bicyclic) bond motifs is 3. The molecule has 2 aliphatic rings. The Balaban J connectivity index is 0.000000606. The molecule has 1 amide bonds. The number of nitrogens with zero attached hydrogens (tertiary/aromatic N) is 2. The van der Waals surface area contributed by atoms with Crippen molar-refractivity contribution in [3.63, 3.8) is 0 Å². The van der Waals surface area contributed by atoms with Crippen molar-refractivity contribution < 1.29 is 9.18 Å². The Kier molecular flexibility index (Phi) is 6.72. The highest BCUT2D eigenvalue weighted by atomic mass is 32.2. The van der Waals surface area contributed by atoms with E-state index in [4.69, 9.17) is 0 Å². The summed E-state index contributed by atoms with van der Waals surface area (Å²) in [6.45, 7) is 6.11. The second kappa shape index (κ2) is 9.26. The molecule has 1 spiro atoms. The summed E-state index contributed by atoms with van der Waals surface area (Å²) in [4.78, 5) is 16.4. The van der Waals surface area contributed by atoms with Crippen molar-refractivity contribution in [1.82, 2.24) is 10.4 Å². The Morgan fingerprint density at radius 2 is 1.87 bits per heavy atom. The number of amides is 1. The van der Waals surface area contributed by atoms with Crippen LogP contribution in [0.4, 0.5) is 10.1 Å². The molecule has 156 valence electrons. The number of pyridine rings is 1. The molecule has 3 heterocycles. The fourth-order valence-corrected chi connectivity index (χ4v) is 4.64. The zero-order chi connectivity index (χ0) is 21.7. The van der Waals surface area contributed by atoms with E-state index in [0.29, 0.717) is 7.18 Å². The lowest BCUT2D eigenvalue weighted by Crippen LogP contribution is -2.39. The third-order valence-electron chi connectivity index (χ3n) is 4.87. The number of alkyl halides is 1. The van der Waals surface area contributed by atoms with Crippen molar-refractivity contribution in [2.24, 2.45) is 5.10 Å². The molecule has 0 fully saturated rings. The van der Waals surface area contributed by atoms with Crippen LogP contribution in [0.25, 0.3) is 10.9 Å². The van der Waals surface area contributed by atoms with E-state index < -0.39 is 4.87 Å². The minimum absolute atomic E-state index is 0.0855. The molecule has 5 rings (SSSR count). The van der Waals surface area contributed by atoms with Crippen molar-refractivity contribution in [3.05, 3.63) is 71.4 Å². The van der Waals surface area contributed by atoms with Gasteiger partial charge >= 0.3 is 0 Å². The lowest BCUT2D eigenvalue weighted by Gasteiger charge is -2.20. The van der Waals surface area contributed by atoms with Gasteiger partial charge in [0.15, 0.2) is 0 Å². The van der Waals surface area contributed by atoms with Crippen LogP contribution in [0.3, 0.4) is 0 Å². The topological polar surface area (TPSA) is 66.4 Å². The number of carbonyl (C=O) groups is 1. The van der Waals surface area contributed by atoms with Crippen LogP contribution in [-0.2, 0) is 16.1 Å². The van der Waals surface area contributed by atoms with Gasteiger partial charge in [-0.15, -0.1) is 0 Å². The number of hydrogen-bond donors (Lipinski definition) is 2. The molecule has 0 bridgehead atoms. The summed E-state index contributed by atoms with van der Waals surface area (Å²) in [5, 5.41) is 9.34. The van der Waals surface area contributed by atoms with E-state index in [2.05, 4.69) is 33.8 Å². The molecular formula is C23H25FN4OS. The van der Waals surface area contributed by atoms with Crippen LogP contribution in [0.2, 0.25) is 0 Å². The van der Waals surface area contributed by atoms with E-state index in [1.165, 1.54) is 17.3 Å². The maximum absolute atomic E-state index is 12.8. The van der Waals surface area contributed by atoms with Gasteiger partial charge in [0.25, 0.3) is 5.91 Å². The molecule has 0 saturated carbocycles. The lowest BCUT2D eigenvalue weighted by molar-refractivity contribution is -0.118. The second-order valence-corrected chi connectivity index (χ2v) is 7.58. The molecule has 2 aromatic carbocycles. The summed E-state index contributed by atoms with van der Waals surface area (Å²) in [7, 11) is 0.500. The van der Waals surface area contributed by atoms with E-state index in [1.54, 1.807) is 6.20 Å². The van der Waals surface area contributed by atoms with Gasteiger partial charge in [-0.05, 0) is 36.2 Å². The number of hydrazone groups is 1. The maximum atomic E-state index is 12.8. The molecule has 0 aliphatic carbocycles. The molecule has 7 heteroatoms. The first kappa shape index (κ1) is 21.8. The number of aryl methyl sites for hydroxylation is 1. The summed E-state index contributed by atoms with van der Waals surface area (Å²) in [5.74, 6) is -0.0855. The summed E-state index contributed by atoms with van der Waals surface area (Å²) in [5.41, 5.74) is 7.93. The number of hydrogen-bond acceptors (Lipinski definition) is 5. The predicted octanol–water partition coefficient (Wildman–Crippen LogP) is 5.21. The molecule has 2 N–H and O–H groups in total. The zero-order valence-corrected chi connectivity index (χ0v) is 18.3. The smallest absolute Gasteiger partial charge is 0.267 e. The van der Waals surface area contributed by atoms with Crippen LogP contribution in [0, 0.1) is 0 Å². The highest BCUT2D eigenvalue weighted by molar-refractivity contribution is 8.16. The molecule has 1 aromatic heterocycles. The first-order chi connectivity index (χ1) is 14.7. The number of halogens is 1. The number of thioether (sulfide) groups is 1. The monoisotopic (exact) mass is 424 g/mol. The average molecular weight is 425 g/mol. The Morgan fingerprint density at radius 3 is 2.63 bits per heavy atom. The van der Waals surface area contributed by atoms with Crippen LogP contribution in [0.1, 0.15) is 37.5 Å². The van der Waals surface area contributed by atoms with Crippen molar-refractivity contribution in [2.45, 2.75) is 32.1 Å². The Bertz CT molecular complexity index is 1100.